The van der Waals surface area contributed by atoms with Crippen LogP contribution in [0, 0.1) is 0 Å². The van der Waals surface area contributed by atoms with Crippen molar-refractivity contribution in [2.24, 2.45) is 12.8 Å². The van der Waals surface area contributed by atoms with Crippen molar-refractivity contribution < 1.29 is 5.11 Å². The molecule has 1 aromatic rings. The number of aliphatic hydroxyl groups is 1. The number of hydrogen-bond donors (Lipinski definition) is 3. The van der Waals surface area contributed by atoms with Crippen LogP contribution >= 0.6 is 0 Å². The highest BCUT2D eigenvalue weighted by Gasteiger charge is 2.26. The van der Waals surface area contributed by atoms with E-state index in [1.165, 1.54) is 0 Å². The highest BCUT2D eigenvalue weighted by Crippen LogP contribution is 2.28. The van der Waals surface area contributed by atoms with E-state index >= 15 is 0 Å². The second-order valence-corrected chi connectivity index (χ2v) is 6.23. The molecule has 19 heavy (non-hydrogen) atoms. The topological polar surface area (TPSA) is 76.1 Å². The van der Waals surface area contributed by atoms with Gasteiger partial charge in [0, 0.05) is 49.5 Å². The van der Waals surface area contributed by atoms with Crippen LogP contribution in [0.15, 0.2) is 6.20 Å². The molecule has 0 saturated heterocycles. The molecular formula is C14H28N4O. The van der Waals surface area contributed by atoms with Crippen molar-refractivity contribution in [2.45, 2.75) is 51.6 Å². The molecule has 5 heteroatoms. The Morgan fingerprint density at radius 2 is 2.11 bits per heavy atom. The summed E-state index contributed by atoms with van der Waals surface area (Å²) >= 11 is 0. The molecule has 0 aliphatic heterocycles. The molecular weight excluding hydrogens is 240 g/mol. The minimum atomic E-state index is -0.00803. The summed E-state index contributed by atoms with van der Waals surface area (Å²) in [5.41, 5.74) is 8.13. The van der Waals surface area contributed by atoms with Gasteiger partial charge in [0.1, 0.15) is 0 Å². The molecule has 5 nitrogen and oxygen atoms in total. The summed E-state index contributed by atoms with van der Waals surface area (Å²) in [6.45, 7) is 9.23. The van der Waals surface area contributed by atoms with E-state index in [0.717, 1.165) is 17.7 Å². The van der Waals surface area contributed by atoms with E-state index in [0.29, 0.717) is 6.54 Å². The smallest absolute Gasteiger partial charge is 0.0726 e. The third kappa shape index (κ3) is 4.30. The molecule has 0 radical (unpaired) electrons. The van der Waals surface area contributed by atoms with Crippen LogP contribution in [0.1, 0.15) is 51.4 Å². The number of nitrogens with zero attached hydrogens (tertiary/aromatic N) is 2. The van der Waals surface area contributed by atoms with E-state index in [9.17, 15) is 0 Å². The molecule has 0 fully saturated rings. The third-order valence-electron chi connectivity index (χ3n) is 3.23. The Labute approximate surface area is 116 Å². The first-order valence-electron chi connectivity index (χ1n) is 6.90. The van der Waals surface area contributed by atoms with Crippen molar-refractivity contribution >= 4 is 0 Å². The van der Waals surface area contributed by atoms with Crippen molar-refractivity contribution in [2.75, 3.05) is 13.2 Å². The van der Waals surface area contributed by atoms with Crippen molar-refractivity contribution in [1.82, 2.24) is 15.1 Å². The molecule has 0 amide bonds. The Hall–Kier alpha value is -0.910. The molecule has 0 aliphatic rings. The summed E-state index contributed by atoms with van der Waals surface area (Å²) in [7, 11) is 1.93. The summed E-state index contributed by atoms with van der Waals surface area (Å²) in [5.74, 6) is 0. The SMILES string of the molecule is CC(CCO)NC(CN)c1cn(C)nc1C(C)(C)C. The number of rotatable bonds is 6. The number of aryl methyl sites for hydroxylation is 1. The average Bonchev–Trinajstić information content (AvgIpc) is 2.68. The summed E-state index contributed by atoms with van der Waals surface area (Å²) in [5, 5.41) is 17.0. The van der Waals surface area contributed by atoms with Gasteiger partial charge in [0.15, 0.2) is 0 Å². The first kappa shape index (κ1) is 16.1. The van der Waals surface area contributed by atoms with Crippen LogP contribution in [-0.2, 0) is 12.5 Å². The molecule has 1 heterocycles. The van der Waals surface area contributed by atoms with Gasteiger partial charge in [-0.2, -0.15) is 5.10 Å². The molecule has 0 aromatic carbocycles. The predicted molar refractivity (Wildman–Crippen MR) is 78.0 cm³/mol. The number of aromatic nitrogens is 2. The standard InChI is InChI=1S/C14H28N4O/c1-10(6-7-19)16-12(8-15)11-9-18(5)17-13(11)14(2,3)4/h9-10,12,16,19H,6-8,15H2,1-5H3. The minimum absolute atomic E-state index is 0.00803. The van der Waals surface area contributed by atoms with Crippen LogP contribution in [0.5, 0.6) is 0 Å². The highest BCUT2D eigenvalue weighted by atomic mass is 16.3. The molecule has 2 atom stereocenters. The molecule has 4 N–H and O–H groups in total. The van der Waals surface area contributed by atoms with Gasteiger partial charge in [-0.3, -0.25) is 4.68 Å². The lowest BCUT2D eigenvalue weighted by Crippen LogP contribution is -2.36. The molecule has 1 aromatic heterocycles. The van der Waals surface area contributed by atoms with Crippen LogP contribution in [0.25, 0.3) is 0 Å². The van der Waals surface area contributed by atoms with Gasteiger partial charge in [-0.05, 0) is 13.3 Å². The van der Waals surface area contributed by atoms with Gasteiger partial charge < -0.3 is 16.2 Å². The number of nitrogens with two attached hydrogens (primary N) is 1. The second kappa shape index (κ2) is 6.50. The fourth-order valence-electron chi connectivity index (χ4n) is 2.25. The predicted octanol–water partition coefficient (Wildman–Crippen LogP) is 1.08. The van der Waals surface area contributed by atoms with E-state index in [4.69, 9.17) is 10.8 Å². The molecule has 0 aliphatic carbocycles. The lowest BCUT2D eigenvalue weighted by molar-refractivity contribution is 0.263. The molecule has 2 unspecified atom stereocenters. The zero-order valence-corrected chi connectivity index (χ0v) is 12.8. The lowest BCUT2D eigenvalue weighted by Gasteiger charge is -2.25. The van der Waals surface area contributed by atoms with Crippen molar-refractivity contribution in [3.05, 3.63) is 17.5 Å². The van der Waals surface area contributed by atoms with Gasteiger partial charge in [-0.25, -0.2) is 0 Å². The van der Waals surface area contributed by atoms with Crippen LogP contribution < -0.4 is 11.1 Å². The van der Waals surface area contributed by atoms with E-state index < -0.39 is 0 Å². The molecule has 110 valence electrons. The summed E-state index contributed by atoms with van der Waals surface area (Å²) < 4.78 is 1.84. The molecule has 0 bridgehead atoms. The maximum Gasteiger partial charge on any atom is 0.0726 e. The zero-order valence-electron chi connectivity index (χ0n) is 12.8. The van der Waals surface area contributed by atoms with Crippen molar-refractivity contribution in [3.63, 3.8) is 0 Å². The van der Waals surface area contributed by atoms with Gasteiger partial charge in [0.05, 0.1) is 5.69 Å². The lowest BCUT2D eigenvalue weighted by atomic mass is 9.87. The Balaban J connectivity index is 2.98. The van der Waals surface area contributed by atoms with E-state index in [-0.39, 0.29) is 24.1 Å². The summed E-state index contributed by atoms with van der Waals surface area (Å²) in [4.78, 5) is 0. The van der Waals surface area contributed by atoms with Crippen LogP contribution in [0.2, 0.25) is 0 Å². The Kier molecular flexibility index (Phi) is 5.52. The average molecular weight is 268 g/mol. The van der Waals surface area contributed by atoms with Gasteiger partial charge >= 0.3 is 0 Å². The summed E-state index contributed by atoms with van der Waals surface area (Å²) in [6.07, 6.45) is 2.76. The normalized spacial score (nSPS) is 15.5. The Morgan fingerprint density at radius 1 is 1.47 bits per heavy atom. The monoisotopic (exact) mass is 268 g/mol. The van der Waals surface area contributed by atoms with Crippen molar-refractivity contribution in [1.29, 1.82) is 0 Å². The van der Waals surface area contributed by atoms with Gasteiger partial charge in [-0.1, -0.05) is 20.8 Å². The van der Waals surface area contributed by atoms with E-state index in [1.807, 2.05) is 17.9 Å². The quantitative estimate of drug-likeness (QED) is 0.721. The fourth-order valence-corrected chi connectivity index (χ4v) is 2.25. The fraction of sp³-hybridized carbons (Fsp3) is 0.786. The molecule has 0 saturated carbocycles. The largest absolute Gasteiger partial charge is 0.396 e. The maximum absolute atomic E-state index is 8.99. The second-order valence-electron chi connectivity index (χ2n) is 6.23. The van der Waals surface area contributed by atoms with Gasteiger partial charge in [0.25, 0.3) is 0 Å². The molecule has 0 spiro atoms. The van der Waals surface area contributed by atoms with Gasteiger partial charge in [-0.15, -0.1) is 0 Å². The third-order valence-corrected chi connectivity index (χ3v) is 3.23. The van der Waals surface area contributed by atoms with Crippen LogP contribution in [-0.4, -0.2) is 34.1 Å². The summed E-state index contributed by atoms with van der Waals surface area (Å²) in [6, 6.07) is 0.302. The molecule has 1 rings (SSSR count). The minimum Gasteiger partial charge on any atom is -0.396 e. The Bertz CT molecular complexity index is 395. The number of hydrogen-bond acceptors (Lipinski definition) is 4. The Morgan fingerprint density at radius 3 is 2.58 bits per heavy atom. The van der Waals surface area contributed by atoms with Gasteiger partial charge in [0.2, 0.25) is 0 Å². The van der Waals surface area contributed by atoms with E-state index in [1.54, 1.807) is 0 Å². The first-order chi connectivity index (χ1) is 8.79. The number of aliphatic hydroxyl groups excluding tert-OH is 1. The maximum atomic E-state index is 8.99. The first-order valence-corrected chi connectivity index (χ1v) is 6.90. The van der Waals surface area contributed by atoms with Crippen molar-refractivity contribution in [3.8, 4) is 0 Å². The van der Waals surface area contributed by atoms with Crippen LogP contribution in [0.3, 0.4) is 0 Å². The zero-order chi connectivity index (χ0) is 14.6. The number of nitrogens with one attached hydrogen (secondary N) is 1. The van der Waals surface area contributed by atoms with E-state index in [2.05, 4.69) is 38.1 Å². The highest BCUT2D eigenvalue weighted by molar-refractivity contribution is 5.27. The van der Waals surface area contributed by atoms with Crippen LogP contribution in [0.4, 0.5) is 0 Å².